The molecule has 6 rings (SSSR count). The molecule has 2 aliphatic heterocycles. The normalized spacial score (nSPS) is 14.3. The highest BCUT2D eigenvalue weighted by atomic mass is 35.5. The minimum absolute atomic E-state index is 0.201. The second-order valence-corrected chi connectivity index (χ2v) is 8.77. The Hall–Kier alpha value is -4.10. The summed E-state index contributed by atoms with van der Waals surface area (Å²) in [6.45, 7) is 0.468. The lowest BCUT2D eigenvalue weighted by molar-refractivity contribution is 0.0655. The maximum atomic E-state index is 14.4. The van der Waals surface area contributed by atoms with Crippen molar-refractivity contribution in [2.75, 3.05) is 6.54 Å². The number of hydrogen-bond acceptors (Lipinski definition) is 4. The molecule has 0 radical (unpaired) electrons. The first-order chi connectivity index (χ1) is 17.0. The maximum Gasteiger partial charge on any atom is 0.261 e. The molecule has 0 bridgehead atoms. The first-order valence-corrected chi connectivity index (χ1v) is 11.5. The number of carbonyl (C=O) groups excluding carboxylic acids is 2. The number of amides is 2. The summed E-state index contributed by atoms with van der Waals surface area (Å²) in [4.78, 5) is 36.1. The fraction of sp³-hybridized carbons (Fsp3) is 0.111. The van der Waals surface area contributed by atoms with Gasteiger partial charge in [0.05, 0.1) is 29.1 Å². The smallest absolute Gasteiger partial charge is 0.261 e. The Kier molecular flexibility index (Phi) is 5.07. The van der Waals surface area contributed by atoms with Crippen LogP contribution in [0.4, 0.5) is 4.39 Å². The van der Waals surface area contributed by atoms with Crippen molar-refractivity contribution in [2.45, 2.75) is 13.0 Å². The lowest BCUT2D eigenvalue weighted by Crippen LogP contribution is -2.32. The van der Waals surface area contributed by atoms with Crippen molar-refractivity contribution in [3.8, 4) is 5.69 Å². The monoisotopic (exact) mass is 484 g/mol. The van der Waals surface area contributed by atoms with Gasteiger partial charge in [0.25, 0.3) is 11.8 Å². The number of hydrogen-bond donors (Lipinski definition) is 0. The Bertz CT molecular complexity index is 1520. The number of halogens is 2. The molecule has 0 spiro atoms. The van der Waals surface area contributed by atoms with E-state index in [2.05, 4.69) is 4.98 Å². The molecule has 4 aromatic rings. The summed E-state index contributed by atoms with van der Waals surface area (Å²) < 4.78 is 16.3. The Morgan fingerprint density at radius 3 is 2.29 bits per heavy atom. The third-order valence-corrected chi connectivity index (χ3v) is 6.67. The van der Waals surface area contributed by atoms with Crippen LogP contribution in [0, 0.1) is 5.82 Å². The van der Waals surface area contributed by atoms with E-state index in [0.717, 1.165) is 5.69 Å². The van der Waals surface area contributed by atoms with Crippen LogP contribution in [0.2, 0.25) is 5.02 Å². The molecule has 0 fully saturated rings. The highest BCUT2D eigenvalue weighted by Crippen LogP contribution is 2.30. The predicted molar refractivity (Wildman–Crippen MR) is 130 cm³/mol. The van der Waals surface area contributed by atoms with Gasteiger partial charge in [-0.15, -0.1) is 0 Å². The van der Waals surface area contributed by atoms with E-state index in [9.17, 15) is 14.0 Å². The number of imide groups is 1. The second kappa shape index (κ2) is 8.29. The second-order valence-electron chi connectivity index (χ2n) is 8.36. The van der Waals surface area contributed by atoms with E-state index in [0.29, 0.717) is 50.9 Å². The summed E-state index contributed by atoms with van der Waals surface area (Å²) in [6.07, 6.45) is 2.10. The molecule has 3 heterocycles. The van der Waals surface area contributed by atoms with Gasteiger partial charge in [-0.1, -0.05) is 41.9 Å². The van der Waals surface area contributed by atoms with Crippen molar-refractivity contribution in [1.82, 2.24) is 14.5 Å². The molecule has 0 N–H and O–H groups in total. The Balaban J connectivity index is 1.37. The van der Waals surface area contributed by atoms with E-state index in [-0.39, 0.29) is 30.7 Å². The Labute approximate surface area is 205 Å². The quantitative estimate of drug-likeness (QED) is 0.389. The van der Waals surface area contributed by atoms with Crippen molar-refractivity contribution >= 4 is 29.1 Å². The molecule has 172 valence electrons. The molecule has 2 aliphatic rings. The minimum atomic E-state index is -0.389. The number of fused-ring (bicyclic) bond motifs is 4. The van der Waals surface area contributed by atoms with Crippen LogP contribution >= 0.6 is 11.6 Å². The van der Waals surface area contributed by atoms with Gasteiger partial charge in [0.2, 0.25) is 0 Å². The molecule has 2 amide bonds. The molecule has 0 atom stereocenters. The fourth-order valence-electron chi connectivity index (χ4n) is 4.69. The molecule has 6 nitrogen and oxygen atoms in total. The van der Waals surface area contributed by atoms with Gasteiger partial charge in [-0.2, -0.15) is 0 Å². The van der Waals surface area contributed by atoms with Gasteiger partial charge in [0.1, 0.15) is 11.6 Å². The number of imidazole rings is 1. The van der Waals surface area contributed by atoms with Crippen LogP contribution in [0.15, 0.2) is 77.9 Å². The molecular weight excluding hydrogens is 467 g/mol. The van der Waals surface area contributed by atoms with Crippen molar-refractivity contribution in [1.29, 1.82) is 0 Å². The number of aromatic nitrogens is 2. The van der Waals surface area contributed by atoms with Gasteiger partial charge < -0.3 is 0 Å². The van der Waals surface area contributed by atoms with Crippen LogP contribution < -0.4 is 0 Å². The van der Waals surface area contributed by atoms with Crippen LogP contribution in [-0.2, 0) is 13.0 Å². The molecule has 0 aliphatic carbocycles. The standard InChI is InChI=1S/C27H18ClFN4O2/c28-22-8-4-3-7-20(22)25-21-13-16(29)9-10-23(21)33-17(14-30-24(33)15-31-25)11-12-32-26(34)18-5-1-2-6-19(18)27(32)35/h1-10,13-14H,11-12,15H2. The SMILES string of the molecule is O=C1c2ccccc2C(=O)N1CCc1cnc2n1-c1ccc(F)cc1C(c1ccccc1Cl)=NC2. The van der Waals surface area contributed by atoms with E-state index in [1.54, 1.807) is 42.6 Å². The average Bonchev–Trinajstić information content (AvgIpc) is 3.32. The lowest BCUT2D eigenvalue weighted by atomic mass is 10.00. The number of rotatable bonds is 4. The first-order valence-electron chi connectivity index (χ1n) is 11.1. The number of nitrogens with zero attached hydrogens (tertiary/aromatic N) is 4. The van der Waals surface area contributed by atoms with E-state index >= 15 is 0 Å². The zero-order valence-corrected chi connectivity index (χ0v) is 19.2. The molecule has 3 aromatic carbocycles. The Morgan fingerprint density at radius 1 is 0.886 bits per heavy atom. The van der Waals surface area contributed by atoms with Crippen LogP contribution in [0.3, 0.4) is 0 Å². The summed E-state index contributed by atoms with van der Waals surface area (Å²) in [6, 6.07) is 18.7. The van der Waals surface area contributed by atoms with Crippen LogP contribution in [0.25, 0.3) is 5.69 Å². The fourth-order valence-corrected chi connectivity index (χ4v) is 4.92. The minimum Gasteiger partial charge on any atom is -0.298 e. The molecule has 0 saturated carbocycles. The predicted octanol–water partition coefficient (Wildman–Crippen LogP) is 4.85. The van der Waals surface area contributed by atoms with E-state index in [1.165, 1.54) is 17.0 Å². The van der Waals surface area contributed by atoms with E-state index in [1.807, 2.05) is 22.8 Å². The largest absolute Gasteiger partial charge is 0.298 e. The van der Waals surface area contributed by atoms with Gasteiger partial charge >= 0.3 is 0 Å². The number of carbonyl (C=O) groups is 2. The third-order valence-electron chi connectivity index (χ3n) is 6.34. The topological polar surface area (TPSA) is 67.6 Å². The average molecular weight is 485 g/mol. The number of aliphatic imine (C=N–C) groups is 1. The third kappa shape index (κ3) is 3.47. The van der Waals surface area contributed by atoms with Crippen molar-refractivity contribution in [2.24, 2.45) is 4.99 Å². The summed E-state index contributed by atoms with van der Waals surface area (Å²) in [5, 5.41) is 0.520. The highest BCUT2D eigenvalue weighted by Gasteiger charge is 2.35. The van der Waals surface area contributed by atoms with Crippen LogP contribution in [0.5, 0.6) is 0 Å². The lowest BCUT2D eigenvalue weighted by Gasteiger charge is -2.17. The molecule has 0 saturated heterocycles. The highest BCUT2D eigenvalue weighted by molar-refractivity contribution is 6.35. The maximum absolute atomic E-state index is 14.4. The summed E-state index contributed by atoms with van der Waals surface area (Å²) >= 11 is 6.46. The van der Waals surface area contributed by atoms with E-state index < -0.39 is 0 Å². The Morgan fingerprint density at radius 2 is 1.57 bits per heavy atom. The molecule has 8 heteroatoms. The summed E-state index contributed by atoms with van der Waals surface area (Å²) in [5.74, 6) is -0.307. The van der Waals surface area contributed by atoms with Crippen LogP contribution in [0.1, 0.15) is 43.4 Å². The first kappa shape index (κ1) is 21.4. The summed E-state index contributed by atoms with van der Waals surface area (Å²) in [7, 11) is 0. The molecular formula is C27H18ClFN4O2. The van der Waals surface area contributed by atoms with Gasteiger partial charge in [-0.25, -0.2) is 9.37 Å². The van der Waals surface area contributed by atoms with Gasteiger partial charge in [-0.3, -0.25) is 24.0 Å². The molecule has 1 aromatic heterocycles. The van der Waals surface area contributed by atoms with Gasteiger partial charge in [0.15, 0.2) is 0 Å². The molecule has 0 unspecified atom stereocenters. The van der Waals surface area contributed by atoms with Crippen molar-refractivity contribution in [3.05, 3.63) is 118 Å². The zero-order valence-electron chi connectivity index (χ0n) is 18.4. The van der Waals surface area contributed by atoms with E-state index in [4.69, 9.17) is 16.6 Å². The van der Waals surface area contributed by atoms with Crippen LogP contribution in [-0.4, -0.2) is 38.5 Å². The van der Waals surface area contributed by atoms with Crippen molar-refractivity contribution in [3.63, 3.8) is 0 Å². The summed E-state index contributed by atoms with van der Waals surface area (Å²) in [5.41, 5.74) is 4.23. The van der Waals surface area contributed by atoms with Gasteiger partial charge in [0, 0.05) is 41.0 Å². The van der Waals surface area contributed by atoms with Gasteiger partial charge in [-0.05, 0) is 36.4 Å². The van der Waals surface area contributed by atoms with Crippen molar-refractivity contribution < 1.29 is 14.0 Å². The molecule has 35 heavy (non-hydrogen) atoms. The zero-order chi connectivity index (χ0) is 24.1. The number of benzene rings is 3.